The van der Waals surface area contributed by atoms with Crippen LogP contribution in [0, 0.1) is 4.21 Å². The fourth-order valence-electron chi connectivity index (χ4n) is 1.92. The van der Waals surface area contributed by atoms with Crippen LogP contribution in [0.5, 0.6) is 0 Å². The Morgan fingerprint density at radius 1 is 1.00 bits per heavy atom. The molecule has 14 heavy (non-hydrogen) atoms. The molecule has 0 nitrogen and oxygen atoms in total. The molecule has 1 fully saturated rings. The van der Waals surface area contributed by atoms with Crippen LogP contribution in [0.3, 0.4) is 0 Å². The standard InChI is InChI=1S/C10H21S2Si.Li/c1-4-13(5-2,6-3)10-11-8-7-9-12-10;/h4-9H2,1-3H3;/q-1;+1. The van der Waals surface area contributed by atoms with Crippen LogP contribution in [0.4, 0.5) is 0 Å². The summed E-state index contributed by atoms with van der Waals surface area (Å²) in [5.41, 5.74) is 0. The van der Waals surface area contributed by atoms with Crippen molar-refractivity contribution in [3.05, 3.63) is 4.21 Å². The van der Waals surface area contributed by atoms with Gasteiger partial charge in [0, 0.05) is 0 Å². The van der Waals surface area contributed by atoms with Gasteiger partial charge in [0.1, 0.15) is 0 Å². The van der Waals surface area contributed by atoms with Crippen molar-refractivity contribution in [2.45, 2.75) is 45.3 Å². The molecule has 0 unspecified atom stereocenters. The van der Waals surface area contributed by atoms with E-state index in [9.17, 15) is 0 Å². The molecule has 0 aromatic carbocycles. The van der Waals surface area contributed by atoms with E-state index in [1.165, 1.54) is 36.1 Å². The molecule has 0 aromatic rings. The van der Waals surface area contributed by atoms with Gasteiger partial charge in [0.25, 0.3) is 0 Å². The molecule has 0 aromatic heterocycles. The van der Waals surface area contributed by atoms with Crippen molar-refractivity contribution in [2.75, 3.05) is 11.5 Å². The first-order chi connectivity index (χ1) is 6.29. The van der Waals surface area contributed by atoms with Crippen molar-refractivity contribution in [2.24, 2.45) is 0 Å². The van der Waals surface area contributed by atoms with E-state index in [1.54, 1.807) is 0 Å². The molecule has 1 aliphatic heterocycles. The van der Waals surface area contributed by atoms with Gasteiger partial charge in [-0.15, -0.1) is 0 Å². The Bertz CT molecular complexity index is 137. The molecule has 0 saturated carbocycles. The van der Waals surface area contributed by atoms with Crippen LogP contribution < -0.4 is 18.9 Å². The van der Waals surface area contributed by atoms with E-state index in [2.05, 4.69) is 44.3 Å². The summed E-state index contributed by atoms with van der Waals surface area (Å²) in [5, 5.41) is 0. The van der Waals surface area contributed by atoms with Gasteiger partial charge in [0.05, 0.1) is 0 Å². The maximum Gasteiger partial charge on any atom is 1.00 e. The molecule has 78 valence electrons. The molecule has 0 atom stereocenters. The van der Waals surface area contributed by atoms with E-state index in [1.807, 2.05) is 4.21 Å². The van der Waals surface area contributed by atoms with Gasteiger partial charge >= 0.3 is 18.9 Å². The summed E-state index contributed by atoms with van der Waals surface area (Å²) < 4.78 is 1.87. The van der Waals surface area contributed by atoms with E-state index in [-0.39, 0.29) is 18.9 Å². The van der Waals surface area contributed by atoms with Crippen molar-refractivity contribution in [1.29, 1.82) is 0 Å². The number of rotatable bonds is 4. The summed E-state index contributed by atoms with van der Waals surface area (Å²) in [4.78, 5) is 0. The zero-order valence-electron chi connectivity index (χ0n) is 10.1. The number of hydrogen-bond acceptors (Lipinski definition) is 2. The predicted molar refractivity (Wildman–Crippen MR) is 70.0 cm³/mol. The average molecular weight is 240 g/mol. The Labute approximate surface area is 111 Å². The Balaban J connectivity index is 0.00000169. The van der Waals surface area contributed by atoms with Crippen LogP contribution in [0.15, 0.2) is 0 Å². The maximum atomic E-state index is 2.40. The minimum absolute atomic E-state index is 0. The fourth-order valence-corrected chi connectivity index (χ4v) is 11.9. The summed E-state index contributed by atoms with van der Waals surface area (Å²) in [6.07, 6.45) is 1.42. The molecular formula is C10H21LiS2Si. The zero-order chi connectivity index (χ0) is 9.73. The van der Waals surface area contributed by atoms with Gasteiger partial charge in [-0.1, -0.05) is 47.0 Å². The van der Waals surface area contributed by atoms with Crippen molar-refractivity contribution < 1.29 is 18.9 Å². The van der Waals surface area contributed by atoms with Gasteiger partial charge in [-0.2, -0.15) is 0 Å². The SMILES string of the molecule is CC[Si](CC)(CC)[C-]1SCCCS1.[Li+]. The van der Waals surface area contributed by atoms with Gasteiger partial charge < -0.3 is 23.5 Å². The van der Waals surface area contributed by atoms with Gasteiger partial charge in [-0.3, -0.25) is 0 Å². The number of hydrogen-bond donors (Lipinski definition) is 0. The van der Waals surface area contributed by atoms with Crippen molar-refractivity contribution >= 4 is 31.6 Å². The maximum absolute atomic E-state index is 2.40. The van der Waals surface area contributed by atoms with E-state index >= 15 is 0 Å². The largest absolute Gasteiger partial charge is 1.00 e. The Morgan fingerprint density at radius 3 is 1.79 bits per heavy atom. The molecule has 0 radical (unpaired) electrons. The van der Waals surface area contributed by atoms with Crippen molar-refractivity contribution in [3.63, 3.8) is 0 Å². The topological polar surface area (TPSA) is 0 Å². The van der Waals surface area contributed by atoms with Crippen LogP contribution in [-0.2, 0) is 0 Å². The third-order valence-electron chi connectivity index (χ3n) is 3.22. The molecule has 0 spiro atoms. The van der Waals surface area contributed by atoms with E-state index in [0.717, 1.165) is 0 Å². The van der Waals surface area contributed by atoms with Crippen LogP contribution >= 0.6 is 23.5 Å². The number of thioether (sulfide) groups is 2. The third-order valence-corrected chi connectivity index (χ3v) is 13.8. The van der Waals surface area contributed by atoms with Gasteiger partial charge in [0.2, 0.25) is 0 Å². The molecule has 1 aliphatic rings. The van der Waals surface area contributed by atoms with E-state index < -0.39 is 8.07 Å². The minimum Gasteiger partial charge on any atom is -0.339 e. The predicted octanol–water partition coefficient (Wildman–Crippen LogP) is 1.40. The quantitative estimate of drug-likeness (QED) is 0.538. The molecule has 4 heteroatoms. The first-order valence-corrected chi connectivity index (χ1v) is 10.0. The van der Waals surface area contributed by atoms with Crippen LogP contribution in [0.25, 0.3) is 0 Å². The molecular weight excluding hydrogens is 219 g/mol. The summed E-state index contributed by atoms with van der Waals surface area (Å²) in [6.45, 7) is 7.21. The van der Waals surface area contributed by atoms with Crippen LogP contribution in [0.2, 0.25) is 18.1 Å². The Morgan fingerprint density at radius 2 is 1.43 bits per heavy atom. The second-order valence-corrected chi connectivity index (χ2v) is 12.1. The molecule has 1 saturated heterocycles. The monoisotopic (exact) mass is 240 g/mol. The van der Waals surface area contributed by atoms with Gasteiger partial charge in [-0.05, 0) is 17.9 Å². The Hall–Kier alpha value is 1.51. The smallest absolute Gasteiger partial charge is 0.339 e. The van der Waals surface area contributed by atoms with E-state index in [4.69, 9.17) is 0 Å². The first kappa shape index (κ1) is 15.5. The molecule has 0 bridgehead atoms. The minimum atomic E-state index is -0.974. The fraction of sp³-hybridized carbons (Fsp3) is 0.900. The second kappa shape index (κ2) is 7.73. The van der Waals surface area contributed by atoms with Crippen molar-refractivity contribution in [3.8, 4) is 0 Å². The molecule has 1 rings (SSSR count). The molecule has 0 aliphatic carbocycles. The summed E-state index contributed by atoms with van der Waals surface area (Å²) in [7, 11) is -0.974. The summed E-state index contributed by atoms with van der Waals surface area (Å²) >= 11 is 4.37. The normalized spacial score (nSPS) is 19.1. The molecule has 0 N–H and O–H groups in total. The molecule has 1 heterocycles. The summed E-state index contributed by atoms with van der Waals surface area (Å²) in [5.74, 6) is 2.77. The van der Waals surface area contributed by atoms with Crippen LogP contribution in [-0.4, -0.2) is 19.6 Å². The van der Waals surface area contributed by atoms with Crippen LogP contribution in [0.1, 0.15) is 27.2 Å². The molecule has 0 amide bonds. The van der Waals surface area contributed by atoms with E-state index in [0.29, 0.717) is 0 Å². The first-order valence-electron chi connectivity index (χ1n) is 5.42. The van der Waals surface area contributed by atoms with Gasteiger partial charge in [-0.25, -0.2) is 4.21 Å². The zero-order valence-corrected chi connectivity index (χ0v) is 12.7. The average Bonchev–Trinajstić information content (AvgIpc) is 2.23. The van der Waals surface area contributed by atoms with Gasteiger partial charge in [0.15, 0.2) is 0 Å². The summed E-state index contributed by atoms with van der Waals surface area (Å²) in [6, 6.07) is 4.36. The third kappa shape index (κ3) is 3.52. The second-order valence-electron chi connectivity index (χ2n) is 3.68. The Kier molecular flexibility index (Phi) is 8.57. The van der Waals surface area contributed by atoms with Crippen molar-refractivity contribution in [1.82, 2.24) is 0 Å².